The summed E-state index contributed by atoms with van der Waals surface area (Å²) in [5.41, 5.74) is 1.68. The van der Waals surface area contributed by atoms with Gasteiger partial charge in [0.2, 0.25) is 0 Å². The van der Waals surface area contributed by atoms with Crippen molar-refractivity contribution in [3.63, 3.8) is 0 Å². The Morgan fingerprint density at radius 2 is 1.87 bits per heavy atom. The largest absolute Gasteiger partial charge is 0.363 e. The molecule has 4 heterocycles. The molecule has 1 aromatic carbocycles. The van der Waals surface area contributed by atoms with Gasteiger partial charge in [0, 0.05) is 50.3 Å². The van der Waals surface area contributed by atoms with Crippen LogP contribution in [0.25, 0.3) is 0 Å². The summed E-state index contributed by atoms with van der Waals surface area (Å²) < 4.78 is 14.6. The van der Waals surface area contributed by atoms with Crippen molar-refractivity contribution in [1.82, 2.24) is 19.8 Å². The topological polar surface area (TPSA) is 64.6 Å². The fraction of sp³-hybridized carbons (Fsp3) is 0.500. The second-order valence-electron chi connectivity index (χ2n) is 8.31. The number of likely N-dealkylation sites (tertiary alicyclic amines) is 1. The summed E-state index contributed by atoms with van der Waals surface area (Å²) >= 11 is 0. The van der Waals surface area contributed by atoms with Crippen molar-refractivity contribution < 1.29 is 9.18 Å². The summed E-state index contributed by atoms with van der Waals surface area (Å²) in [6.45, 7) is 6.63. The molecule has 1 atom stereocenters. The van der Waals surface area contributed by atoms with Gasteiger partial charge in [-0.25, -0.2) is 14.4 Å². The molecule has 0 bridgehead atoms. The zero-order valence-electron chi connectivity index (χ0n) is 17.1. The van der Waals surface area contributed by atoms with Gasteiger partial charge in [-0.15, -0.1) is 0 Å². The average Bonchev–Trinajstić information content (AvgIpc) is 2.74. The van der Waals surface area contributed by atoms with E-state index in [-0.39, 0.29) is 17.6 Å². The van der Waals surface area contributed by atoms with Gasteiger partial charge in [-0.2, -0.15) is 0 Å². The summed E-state index contributed by atoms with van der Waals surface area (Å²) in [7, 11) is 0. The van der Waals surface area contributed by atoms with Crippen LogP contribution in [0.1, 0.15) is 23.6 Å². The van der Waals surface area contributed by atoms with E-state index in [9.17, 15) is 9.18 Å². The Bertz CT molecular complexity index is 926. The molecule has 7 nitrogen and oxygen atoms in total. The fourth-order valence-electron chi connectivity index (χ4n) is 4.64. The number of fused-ring (bicyclic) bond motifs is 1. The van der Waals surface area contributed by atoms with Crippen molar-refractivity contribution >= 4 is 17.4 Å². The van der Waals surface area contributed by atoms with Gasteiger partial charge in [0.15, 0.2) is 5.78 Å². The number of aromatic nitrogens is 2. The number of benzene rings is 1. The molecule has 8 heteroatoms. The zero-order valence-corrected chi connectivity index (χ0v) is 17.1. The van der Waals surface area contributed by atoms with Crippen LogP contribution in [0.5, 0.6) is 0 Å². The zero-order chi connectivity index (χ0) is 20.5. The maximum Gasteiger partial charge on any atom is 0.156 e. The van der Waals surface area contributed by atoms with E-state index in [0.717, 1.165) is 68.6 Å². The average molecular weight is 410 g/mol. The lowest BCUT2D eigenvalue weighted by Gasteiger charge is -2.43. The highest BCUT2D eigenvalue weighted by atomic mass is 19.1. The number of nitrogens with zero attached hydrogens (tertiary/aromatic N) is 5. The Labute approximate surface area is 175 Å². The van der Waals surface area contributed by atoms with Gasteiger partial charge in [-0.3, -0.25) is 9.69 Å². The Kier molecular flexibility index (Phi) is 5.35. The van der Waals surface area contributed by atoms with Crippen molar-refractivity contribution in [2.75, 3.05) is 62.6 Å². The predicted molar refractivity (Wildman–Crippen MR) is 113 cm³/mol. The molecule has 1 unspecified atom stereocenters. The Balaban J connectivity index is 1.33. The lowest BCUT2D eigenvalue weighted by molar-refractivity contribution is -0.117. The van der Waals surface area contributed by atoms with Crippen LogP contribution in [-0.2, 0) is 11.2 Å². The molecule has 1 N–H and O–H groups in total. The van der Waals surface area contributed by atoms with E-state index < -0.39 is 0 Å². The molecule has 0 spiro atoms. The molecule has 2 aromatic rings. The first kappa shape index (κ1) is 19.4. The third-order valence-electron chi connectivity index (χ3n) is 6.45. The number of nitrogens with one attached hydrogen (secondary N) is 1. The van der Waals surface area contributed by atoms with Crippen LogP contribution in [0, 0.1) is 5.82 Å². The van der Waals surface area contributed by atoms with Gasteiger partial charge in [0.05, 0.1) is 12.6 Å². The van der Waals surface area contributed by atoms with Crippen LogP contribution < -0.4 is 10.2 Å². The summed E-state index contributed by atoms with van der Waals surface area (Å²) in [4.78, 5) is 27.8. The Hall–Kier alpha value is -2.58. The van der Waals surface area contributed by atoms with Crippen molar-refractivity contribution in [2.45, 2.75) is 18.9 Å². The van der Waals surface area contributed by atoms with E-state index in [1.54, 1.807) is 18.5 Å². The first-order valence-corrected chi connectivity index (χ1v) is 10.7. The van der Waals surface area contributed by atoms with Gasteiger partial charge in [-0.05, 0) is 25.6 Å². The monoisotopic (exact) mass is 410 g/mol. The highest BCUT2D eigenvalue weighted by Gasteiger charge is 2.31. The van der Waals surface area contributed by atoms with Crippen LogP contribution in [-0.4, -0.2) is 77.9 Å². The second-order valence-corrected chi connectivity index (χ2v) is 8.31. The maximum absolute atomic E-state index is 14.6. The number of Topliss-reactive ketones (excluding diaryl/α,β-unsaturated/α-hetero) is 1. The molecule has 2 saturated heterocycles. The molecular formula is C22H27FN6O. The SMILES string of the molecule is O=C1CNc2ncnc(N3CCN(C(CN4CCC4)c4ccccc4F)CC3)c2C1. The van der Waals surface area contributed by atoms with Gasteiger partial charge in [0.25, 0.3) is 0 Å². The first-order chi connectivity index (χ1) is 14.7. The van der Waals surface area contributed by atoms with E-state index >= 15 is 0 Å². The predicted octanol–water partition coefficient (Wildman–Crippen LogP) is 1.72. The van der Waals surface area contributed by atoms with Crippen molar-refractivity contribution in [3.05, 3.63) is 47.5 Å². The Morgan fingerprint density at radius 1 is 1.07 bits per heavy atom. The number of rotatable bonds is 5. The third-order valence-corrected chi connectivity index (χ3v) is 6.45. The summed E-state index contributed by atoms with van der Waals surface area (Å²) in [5.74, 6) is 1.65. The molecule has 0 radical (unpaired) electrons. The molecule has 0 saturated carbocycles. The third kappa shape index (κ3) is 3.77. The number of carbonyl (C=O) groups excluding carboxylic acids is 1. The van der Waals surface area contributed by atoms with Crippen LogP contribution in [0.15, 0.2) is 30.6 Å². The van der Waals surface area contributed by atoms with Crippen LogP contribution in [0.2, 0.25) is 0 Å². The van der Waals surface area contributed by atoms with Crippen LogP contribution in [0.4, 0.5) is 16.0 Å². The number of hydrogen-bond acceptors (Lipinski definition) is 7. The first-order valence-electron chi connectivity index (χ1n) is 10.7. The lowest BCUT2D eigenvalue weighted by Crippen LogP contribution is -2.52. The van der Waals surface area contributed by atoms with E-state index in [1.807, 2.05) is 12.1 Å². The van der Waals surface area contributed by atoms with Gasteiger partial charge in [-0.1, -0.05) is 18.2 Å². The fourth-order valence-corrected chi connectivity index (χ4v) is 4.64. The van der Waals surface area contributed by atoms with Gasteiger partial charge < -0.3 is 15.1 Å². The number of piperazine rings is 1. The van der Waals surface area contributed by atoms with Gasteiger partial charge >= 0.3 is 0 Å². The van der Waals surface area contributed by atoms with Crippen molar-refractivity contribution in [3.8, 4) is 0 Å². The minimum Gasteiger partial charge on any atom is -0.363 e. The molecule has 1 aromatic heterocycles. The minimum absolute atomic E-state index is 0.0520. The molecular weight excluding hydrogens is 383 g/mol. The molecule has 158 valence electrons. The normalized spacial score (nSPS) is 21.0. The maximum atomic E-state index is 14.6. The van der Waals surface area contributed by atoms with Crippen molar-refractivity contribution in [1.29, 1.82) is 0 Å². The molecule has 2 fully saturated rings. The standard InChI is InChI=1S/C22H27FN6O/c23-19-5-2-1-4-17(19)20(14-27-6-3-7-27)28-8-10-29(11-9-28)22-18-12-16(30)13-24-21(18)25-15-26-22/h1-2,4-5,15,20H,3,6-14H2,(H,24,25,26). The summed E-state index contributed by atoms with van der Waals surface area (Å²) in [5, 5.41) is 3.10. The number of anilines is 2. The molecule has 30 heavy (non-hydrogen) atoms. The van der Waals surface area contributed by atoms with Crippen LogP contribution >= 0.6 is 0 Å². The smallest absolute Gasteiger partial charge is 0.156 e. The molecule has 3 aliphatic heterocycles. The Morgan fingerprint density at radius 3 is 2.60 bits per heavy atom. The molecule has 5 rings (SSSR count). The second kappa shape index (κ2) is 8.28. The van der Waals surface area contributed by atoms with Crippen LogP contribution in [0.3, 0.4) is 0 Å². The number of carbonyl (C=O) groups is 1. The number of halogens is 1. The molecule has 3 aliphatic rings. The highest BCUT2D eigenvalue weighted by molar-refractivity contribution is 5.90. The van der Waals surface area contributed by atoms with E-state index in [2.05, 4.69) is 30.0 Å². The van der Waals surface area contributed by atoms with E-state index in [4.69, 9.17) is 0 Å². The van der Waals surface area contributed by atoms with E-state index in [0.29, 0.717) is 13.0 Å². The lowest BCUT2D eigenvalue weighted by atomic mass is 10.0. The number of hydrogen-bond donors (Lipinski definition) is 1. The summed E-state index contributed by atoms with van der Waals surface area (Å²) in [6.07, 6.45) is 3.17. The quantitative estimate of drug-likeness (QED) is 0.805. The summed E-state index contributed by atoms with van der Waals surface area (Å²) in [6, 6.07) is 7.21. The molecule has 0 amide bonds. The molecule has 0 aliphatic carbocycles. The minimum atomic E-state index is -0.125. The van der Waals surface area contributed by atoms with Gasteiger partial charge in [0.1, 0.15) is 23.8 Å². The van der Waals surface area contributed by atoms with Crippen molar-refractivity contribution in [2.24, 2.45) is 0 Å². The number of ketones is 1. The highest BCUT2D eigenvalue weighted by Crippen LogP contribution is 2.31. The van der Waals surface area contributed by atoms with E-state index in [1.165, 1.54) is 6.42 Å².